The number of alkyl halides is 2. The monoisotopic (exact) mass is 578 g/mol. The predicted molar refractivity (Wildman–Crippen MR) is 155 cm³/mol. The van der Waals surface area contributed by atoms with E-state index in [-0.39, 0.29) is 34.8 Å². The first-order chi connectivity index (χ1) is 19.4. The van der Waals surface area contributed by atoms with Gasteiger partial charge in [-0.1, -0.05) is 60.7 Å². The van der Waals surface area contributed by atoms with Crippen LogP contribution < -0.4 is 22.8 Å². The zero-order chi connectivity index (χ0) is 28.2. The molecule has 6 aromatic rings. The lowest BCUT2D eigenvalue weighted by molar-refractivity contribution is 0.775. The molecule has 12 nitrogen and oxygen atoms in total. The second-order valence-corrected chi connectivity index (χ2v) is 9.25. The Morgan fingerprint density at radius 1 is 0.625 bits per heavy atom. The Morgan fingerprint density at radius 2 is 1.00 bits per heavy atom. The summed E-state index contributed by atoms with van der Waals surface area (Å²) in [5.41, 5.74) is 14.9. The van der Waals surface area contributed by atoms with Crippen molar-refractivity contribution in [3.63, 3.8) is 0 Å². The van der Waals surface area contributed by atoms with Gasteiger partial charge in [0.2, 0.25) is 0 Å². The normalized spacial score (nSPS) is 11.1. The molecule has 14 heteroatoms. The molecule has 4 aromatic heterocycles. The summed E-state index contributed by atoms with van der Waals surface area (Å²) in [7, 11) is 0. The quantitative estimate of drug-likeness (QED) is 0.218. The molecule has 0 aliphatic heterocycles. The van der Waals surface area contributed by atoms with E-state index in [0.717, 1.165) is 11.1 Å². The number of H-pyrrole nitrogens is 2. The Labute approximate surface area is 236 Å². The summed E-state index contributed by atoms with van der Waals surface area (Å²) in [5.74, 6) is 1.55. The molecule has 0 radical (unpaired) electrons. The number of fused-ring (bicyclic) bond motifs is 2. The Hall–Kier alpha value is -4.68. The van der Waals surface area contributed by atoms with E-state index in [1.807, 2.05) is 60.7 Å². The maximum Gasteiger partial charge on any atom is 0.328 e. The average Bonchev–Trinajstić information content (AvgIpc) is 3.46. The number of nitrogen functional groups attached to an aromatic ring is 2. The highest BCUT2D eigenvalue weighted by atomic mass is 35.5. The molecule has 6 rings (SSSR count). The number of imidazole rings is 2. The summed E-state index contributed by atoms with van der Waals surface area (Å²) in [6.45, 7) is 0.829. The third kappa shape index (κ3) is 5.53. The second-order valence-electron chi connectivity index (χ2n) is 8.72. The Morgan fingerprint density at radius 3 is 1.35 bits per heavy atom. The van der Waals surface area contributed by atoms with E-state index in [0.29, 0.717) is 47.1 Å². The maximum absolute atomic E-state index is 12.0. The van der Waals surface area contributed by atoms with E-state index in [1.54, 1.807) is 0 Å². The largest absolute Gasteiger partial charge is 0.382 e. The topological polar surface area (TPSA) is 179 Å². The summed E-state index contributed by atoms with van der Waals surface area (Å²) in [5, 5.41) is 0. The fourth-order valence-electron chi connectivity index (χ4n) is 4.14. The number of hydrogen-bond acceptors (Lipinski definition) is 8. The molecule has 0 aliphatic carbocycles. The van der Waals surface area contributed by atoms with Gasteiger partial charge >= 0.3 is 11.4 Å². The molecular weight excluding hydrogens is 555 g/mol. The number of anilines is 2. The number of halogens is 2. The van der Waals surface area contributed by atoms with Crippen molar-refractivity contribution in [2.45, 2.75) is 24.8 Å². The van der Waals surface area contributed by atoms with E-state index < -0.39 is 0 Å². The van der Waals surface area contributed by atoms with Crippen LogP contribution in [0.2, 0.25) is 0 Å². The van der Waals surface area contributed by atoms with Gasteiger partial charge in [0.05, 0.1) is 24.8 Å². The van der Waals surface area contributed by atoms with Crippen molar-refractivity contribution in [3.05, 3.63) is 104 Å². The van der Waals surface area contributed by atoms with E-state index in [2.05, 4.69) is 29.9 Å². The van der Waals surface area contributed by atoms with Crippen LogP contribution in [0, 0.1) is 0 Å². The molecule has 0 amide bonds. The van der Waals surface area contributed by atoms with Gasteiger partial charge in [0, 0.05) is 0 Å². The number of hydrogen-bond donors (Lipinski definition) is 4. The van der Waals surface area contributed by atoms with Crippen molar-refractivity contribution in [2.24, 2.45) is 0 Å². The van der Waals surface area contributed by atoms with Crippen molar-refractivity contribution in [2.75, 3.05) is 11.5 Å². The smallest absolute Gasteiger partial charge is 0.328 e. The van der Waals surface area contributed by atoms with Gasteiger partial charge in [-0.15, -0.1) is 23.2 Å². The molecule has 0 atom stereocenters. The molecule has 0 aliphatic rings. The van der Waals surface area contributed by atoms with Crippen molar-refractivity contribution in [1.29, 1.82) is 0 Å². The van der Waals surface area contributed by atoms with Gasteiger partial charge in [-0.2, -0.15) is 0 Å². The second kappa shape index (κ2) is 11.6. The minimum atomic E-state index is -0.267. The van der Waals surface area contributed by atoms with Gasteiger partial charge in [0.25, 0.3) is 0 Å². The summed E-state index contributed by atoms with van der Waals surface area (Å²) < 4.78 is 3.05. The number of nitrogens with two attached hydrogens (primary N) is 2. The minimum Gasteiger partial charge on any atom is -0.382 e. The molecule has 2 aromatic carbocycles. The maximum atomic E-state index is 12.0. The van der Waals surface area contributed by atoms with Gasteiger partial charge < -0.3 is 21.4 Å². The van der Waals surface area contributed by atoms with Crippen LogP contribution >= 0.6 is 23.2 Å². The molecule has 0 unspecified atom stereocenters. The summed E-state index contributed by atoms with van der Waals surface area (Å²) in [6, 6.07) is 19.3. The van der Waals surface area contributed by atoms with Crippen LogP contribution in [0.25, 0.3) is 22.3 Å². The van der Waals surface area contributed by atoms with Gasteiger partial charge in [0.15, 0.2) is 22.9 Å². The number of aromatic nitrogens is 8. The van der Waals surface area contributed by atoms with Gasteiger partial charge in [-0.25, -0.2) is 29.5 Å². The molecule has 0 spiro atoms. The van der Waals surface area contributed by atoms with Gasteiger partial charge in [-0.05, 0) is 11.1 Å². The molecule has 0 saturated carbocycles. The van der Waals surface area contributed by atoms with Crippen molar-refractivity contribution >= 4 is 57.2 Å². The molecule has 6 N–H and O–H groups in total. The van der Waals surface area contributed by atoms with Crippen LogP contribution in [-0.4, -0.2) is 39.0 Å². The van der Waals surface area contributed by atoms with E-state index >= 15 is 0 Å². The number of benzene rings is 2. The van der Waals surface area contributed by atoms with Crippen LogP contribution in [0.3, 0.4) is 0 Å². The fourth-order valence-corrected chi connectivity index (χ4v) is 4.38. The number of rotatable bonds is 6. The van der Waals surface area contributed by atoms with E-state index in [4.69, 9.17) is 34.7 Å². The number of nitrogens with zero attached hydrogens (tertiary/aromatic N) is 6. The third-order valence-corrected chi connectivity index (χ3v) is 6.48. The van der Waals surface area contributed by atoms with Crippen LogP contribution in [0.15, 0.2) is 70.3 Å². The fraction of sp³-hybridized carbons (Fsp3) is 0.154. The first-order valence-electron chi connectivity index (χ1n) is 12.1. The Bertz CT molecular complexity index is 1760. The molecule has 0 bridgehead atoms. The highest BCUT2D eigenvalue weighted by molar-refractivity contribution is 6.17. The lowest BCUT2D eigenvalue weighted by Gasteiger charge is -2.04. The molecule has 0 fully saturated rings. The van der Waals surface area contributed by atoms with Crippen LogP contribution in [-0.2, 0) is 24.8 Å². The molecule has 40 heavy (non-hydrogen) atoms. The van der Waals surface area contributed by atoms with Crippen molar-refractivity contribution < 1.29 is 0 Å². The number of aromatic amines is 2. The first kappa shape index (κ1) is 26.9. The molecule has 0 saturated heterocycles. The van der Waals surface area contributed by atoms with Crippen molar-refractivity contribution in [1.82, 2.24) is 39.0 Å². The van der Waals surface area contributed by atoms with Crippen LogP contribution in [0.5, 0.6) is 0 Å². The first-order valence-corrected chi connectivity index (χ1v) is 13.1. The average molecular weight is 579 g/mol. The SMILES string of the molecule is Nc1nc(CCl)nc2c1[nH]c(=O)n2Cc1ccccc1.Nc1nc(CCl)nc2c1[nH]c(=O)n2Cc1ccccc1. The van der Waals surface area contributed by atoms with Crippen molar-refractivity contribution in [3.8, 4) is 0 Å². The standard InChI is InChI=1S/2C13H12ClN5O/c2*14-6-9-16-11(15)10-12(17-9)19(13(20)18-10)7-8-4-2-1-3-5-8/h2*1-5H,6-7H2,(H,18,20)(H2,15,16,17). The number of nitrogens with one attached hydrogen (secondary N) is 2. The van der Waals surface area contributed by atoms with Gasteiger partial charge in [-0.3, -0.25) is 9.13 Å². The Kier molecular flexibility index (Phi) is 7.80. The molecular formula is C26H24Cl2N10O2. The molecule has 204 valence electrons. The van der Waals surface area contributed by atoms with E-state index in [9.17, 15) is 9.59 Å². The zero-order valence-electron chi connectivity index (χ0n) is 21.0. The summed E-state index contributed by atoms with van der Waals surface area (Å²) >= 11 is 11.5. The van der Waals surface area contributed by atoms with Crippen LogP contribution in [0.4, 0.5) is 11.6 Å². The summed E-state index contributed by atoms with van der Waals surface area (Å²) in [4.78, 5) is 46.1. The van der Waals surface area contributed by atoms with E-state index in [1.165, 1.54) is 9.13 Å². The minimum absolute atomic E-state index is 0.144. The third-order valence-electron chi connectivity index (χ3n) is 6.00. The van der Waals surface area contributed by atoms with Gasteiger partial charge in [0.1, 0.15) is 22.7 Å². The predicted octanol–water partition coefficient (Wildman–Crippen LogP) is 2.98. The van der Waals surface area contributed by atoms with Crippen LogP contribution in [0.1, 0.15) is 22.8 Å². The highest BCUT2D eigenvalue weighted by Crippen LogP contribution is 2.17. The lowest BCUT2D eigenvalue weighted by Crippen LogP contribution is -2.17. The lowest BCUT2D eigenvalue weighted by atomic mass is 10.2. The summed E-state index contributed by atoms with van der Waals surface area (Å²) in [6.07, 6.45) is 0. The zero-order valence-corrected chi connectivity index (χ0v) is 22.5. The molecule has 4 heterocycles. The highest BCUT2D eigenvalue weighted by Gasteiger charge is 2.15. The Balaban J connectivity index is 0.000000161.